The second kappa shape index (κ2) is 5.28. The number of aromatic nitrogens is 3. The number of methoxy groups -OCH3 is 1. The van der Waals surface area contributed by atoms with Crippen LogP contribution in [0.5, 0.6) is 5.75 Å². The van der Waals surface area contributed by atoms with Crippen molar-refractivity contribution in [2.75, 3.05) is 7.11 Å². The molecule has 2 heterocycles. The first-order valence-electron chi connectivity index (χ1n) is 6.05. The molecule has 0 aliphatic carbocycles. The van der Waals surface area contributed by atoms with Gasteiger partial charge in [-0.25, -0.2) is 13.9 Å². The minimum absolute atomic E-state index is 0.130. The van der Waals surface area contributed by atoms with Gasteiger partial charge in [-0.1, -0.05) is 12.1 Å². The number of ether oxygens (including phenoxy) is 1. The molecular weight excluding hydrogens is 369 g/mol. The fourth-order valence-corrected chi connectivity index (χ4v) is 2.46. The minimum Gasteiger partial charge on any atom is -0.497 e. The van der Waals surface area contributed by atoms with E-state index in [1.807, 2.05) is 36.4 Å². The lowest BCUT2D eigenvalue weighted by Crippen LogP contribution is -2.21. The Hall–Kier alpha value is -1.83. The summed E-state index contributed by atoms with van der Waals surface area (Å²) in [7, 11) is 1.63. The van der Waals surface area contributed by atoms with Crippen LogP contribution in [0.3, 0.4) is 0 Å². The molecule has 0 amide bonds. The van der Waals surface area contributed by atoms with Crippen LogP contribution in [0.1, 0.15) is 5.56 Å². The molecule has 0 fully saturated rings. The van der Waals surface area contributed by atoms with Crippen LogP contribution in [0.4, 0.5) is 0 Å². The van der Waals surface area contributed by atoms with E-state index in [1.54, 1.807) is 17.7 Å². The lowest BCUT2D eigenvalue weighted by molar-refractivity contribution is 0.414. The van der Waals surface area contributed by atoms with E-state index < -0.39 is 0 Å². The van der Waals surface area contributed by atoms with Crippen LogP contribution < -0.4 is 10.4 Å². The summed E-state index contributed by atoms with van der Waals surface area (Å²) in [6, 6.07) is 11.4. The Kier molecular flexibility index (Phi) is 3.47. The van der Waals surface area contributed by atoms with Crippen molar-refractivity contribution in [1.82, 2.24) is 14.2 Å². The summed E-state index contributed by atoms with van der Waals surface area (Å²) in [5, 5.41) is 4.32. The quantitative estimate of drug-likeness (QED) is 0.654. The molecule has 0 aliphatic heterocycles. The maximum absolute atomic E-state index is 12.2. The summed E-state index contributed by atoms with van der Waals surface area (Å²) in [4.78, 5) is 12.2. The van der Waals surface area contributed by atoms with Gasteiger partial charge in [-0.15, -0.1) is 5.10 Å². The Morgan fingerprint density at radius 2 is 1.95 bits per heavy atom. The SMILES string of the molecule is COc1ccc(Cn2nc3ccc(I)cn3c2=O)cc1. The molecule has 3 aromatic rings. The first-order valence-corrected chi connectivity index (χ1v) is 7.13. The van der Waals surface area contributed by atoms with Crippen molar-refractivity contribution in [2.24, 2.45) is 0 Å². The maximum Gasteiger partial charge on any atom is 0.350 e. The van der Waals surface area contributed by atoms with Gasteiger partial charge in [0.25, 0.3) is 0 Å². The molecule has 0 atom stereocenters. The third kappa shape index (κ3) is 2.43. The third-order valence-corrected chi connectivity index (χ3v) is 3.67. The van der Waals surface area contributed by atoms with Gasteiger partial charge >= 0.3 is 5.69 Å². The largest absolute Gasteiger partial charge is 0.497 e. The Morgan fingerprint density at radius 1 is 1.20 bits per heavy atom. The number of hydrogen-bond donors (Lipinski definition) is 0. The Morgan fingerprint density at radius 3 is 2.65 bits per heavy atom. The van der Waals surface area contributed by atoms with Crippen molar-refractivity contribution in [3.63, 3.8) is 0 Å². The molecule has 6 heteroatoms. The highest BCUT2D eigenvalue weighted by atomic mass is 127. The number of benzene rings is 1. The van der Waals surface area contributed by atoms with Crippen molar-refractivity contribution in [1.29, 1.82) is 0 Å². The zero-order chi connectivity index (χ0) is 14.1. The van der Waals surface area contributed by atoms with Gasteiger partial charge in [0.15, 0.2) is 5.65 Å². The van der Waals surface area contributed by atoms with Crippen molar-refractivity contribution >= 4 is 28.2 Å². The van der Waals surface area contributed by atoms with Crippen LogP contribution in [-0.2, 0) is 6.54 Å². The van der Waals surface area contributed by atoms with Gasteiger partial charge in [0, 0.05) is 9.77 Å². The summed E-state index contributed by atoms with van der Waals surface area (Å²) in [6.07, 6.45) is 1.79. The third-order valence-electron chi connectivity index (χ3n) is 3.03. The second-order valence-corrected chi connectivity index (χ2v) is 5.61. The number of nitrogens with zero attached hydrogens (tertiary/aromatic N) is 3. The Bertz CT molecular complexity index is 805. The van der Waals surface area contributed by atoms with Gasteiger partial charge in [0.05, 0.1) is 13.7 Å². The molecule has 0 saturated carbocycles. The van der Waals surface area contributed by atoms with Gasteiger partial charge < -0.3 is 4.74 Å². The molecule has 0 N–H and O–H groups in total. The van der Waals surface area contributed by atoms with E-state index in [2.05, 4.69) is 27.7 Å². The number of fused-ring (bicyclic) bond motifs is 1. The number of hydrogen-bond acceptors (Lipinski definition) is 3. The van der Waals surface area contributed by atoms with Gasteiger partial charge in [-0.2, -0.15) is 0 Å². The summed E-state index contributed by atoms with van der Waals surface area (Å²) in [5.41, 5.74) is 1.53. The van der Waals surface area contributed by atoms with Gasteiger partial charge in [-0.05, 0) is 52.4 Å². The summed E-state index contributed by atoms with van der Waals surface area (Å²) >= 11 is 2.17. The lowest BCUT2D eigenvalue weighted by atomic mass is 10.2. The molecule has 102 valence electrons. The zero-order valence-corrected chi connectivity index (χ0v) is 12.9. The highest BCUT2D eigenvalue weighted by Gasteiger charge is 2.07. The zero-order valence-electron chi connectivity index (χ0n) is 10.8. The standard InChI is InChI=1S/C14H12IN3O2/c1-20-12-5-2-10(3-6-12)8-18-14(19)17-9-11(15)4-7-13(17)16-18/h2-7,9H,8H2,1H3. The molecule has 2 aromatic heterocycles. The van der Waals surface area contributed by atoms with Crippen LogP contribution in [-0.4, -0.2) is 21.3 Å². The highest BCUT2D eigenvalue weighted by Crippen LogP contribution is 2.12. The van der Waals surface area contributed by atoms with E-state index in [-0.39, 0.29) is 5.69 Å². The predicted molar refractivity (Wildman–Crippen MR) is 84.3 cm³/mol. The lowest BCUT2D eigenvalue weighted by Gasteiger charge is -2.02. The summed E-state index contributed by atoms with van der Waals surface area (Å²) in [5.74, 6) is 0.797. The van der Waals surface area contributed by atoms with E-state index in [4.69, 9.17) is 4.74 Å². The molecule has 0 radical (unpaired) electrons. The van der Waals surface area contributed by atoms with Crippen molar-refractivity contribution in [2.45, 2.75) is 6.54 Å². The van der Waals surface area contributed by atoms with Crippen LogP contribution in [0.15, 0.2) is 47.4 Å². The topological polar surface area (TPSA) is 48.5 Å². The fourth-order valence-electron chi connectivity index (χ4n) is 2.00. The Balaban J connectivity index is 1.97. The molecule has 3 rings (SSSR count). The van der Waals surface area contributed by atoms with Crippen molar-refractivity contribution in [3.05, 3.63) is 62.2 Å². The highest BCUT2D eigenvalue weighted by molar-refractivity contribution is 14.1. The minimum atomic E-state index is -0.130. The number of halogens is 1. The molecule has 20 heavy (non-hydrogen) atoms. The maximum atomic E-state index is 12.2. The smallest absolute Gasteiger partial charge is 0.350 e. The van der Waals surface area contributed by atoms with E-state index in [9.17, 15) is 4.79 Å². The normalized spacial score (nSPS) is 10.9. The fraction of sp³-hybridized carbons (Fsp3) is 0.143. The molecule has 5 nitrogen and oxygen atoms in total. The van der Waals surface area contributed by atoms with Crippen molar-refractivity contribution < 1.29 is 4.74 Å². The van der Waals surface area contributed by atoms with Crippen LogP contribution in [0, 0.1) is 3.57 Å². The average molecular weight is 381 g/mol. The second-order valence-electron chi connectivity index (χ2n) is 4.36. The Labute approximate surface area is 128 Å². The molecule has 0 bridgehead atoms. The first-order chi connectivity index (χ1) is 9.67. The summed E-state index contributed by atoms with van der Waals surface area (Å²) in [6.45, 7) is 0.446. The number of rotatable bonds is 3. The van der Waals surface area contributed by atoms with E-state index in [0.29, 0.717) is 12.2 Å². The molecule has 0 aliphatic rings. The van der Waals surface area contributed by atoms with Crippen LogP contribution in [0.2, 0.25) is 0 Å². The van der Waals surface area contributed by atoms with Gasteiger partial charge in [0.2, 0.25) is 0 Å². The molecule has 0 spiro atoms. The van der Waals surface area contributed by atoms with Crippen LogP contribution in [0.25, 0.3) is 5.65 Å². The predicted octanol–water partition coefficient (Wildman–Crippen LogP) is 2.16. The van der Waals surface area contributed by atoms with E-state index >= 15 is 0 Å². The average Bonchev–Trinajstić information content (AvgIpc) is 2.76. The van der Waals surface area contributed by atoms with E-state index in [1.165, 1.54) is 4.68 Å². The van der Waals surface area contributed by atoms with Gasteiger partial charge in [-0.3, -0.25) is 0 Å². The van der Waals surface area contributed by atoms with Crippen molar-refractivity contribution in [3.8, 4) is 5.75 Å². The molecule has 1 aromatic carbocycles. The first kappa shape index (κ1) is 13.2. The molecule has 0 saturated heterocycles. The summed E-state index contributed by atoms with van der Waals surface area (Å²) < 4.78 is 9.14. The number of pyridine rings is 1. The van der Waals surface area contributed by atoms with Gasteiger partial charge in [0.1, 0.15) is 5.75 Å². The molecular formula is C14H12IN3O2. The van der Waals surface area contributed by atoms with Crippen LogP contribution >= 0.6 is 22.6 Å². The molecule has 0 unspecified atom stereocenters. The monoisotopic (exact) mass is 381 g/mol. The van der Waals surface area contributed by atoms with E-state index in [0.717, 1.165) is 14.9 Å².